The molecule has 1 amide bonds. The van der Waals surface area contributed by atoms with E-state index in [1.165, 1.54) is 0 Å². The van der Waals surface area contributed by atoms with Crippen molar-refractivity contribution in [2.75, 3.05) is 17.3 Å². The Labute approximate surface area is 106 Å². The number of aryl methyl sites for hydroxylation is 1. The van der Waals surface area contributed by atoms with Gasteiger partial charge in [-0.25, -0.2) is 0 Å². The molecule has 17 heavy (non-hydrogen) atoms. The van der Waals surface area contributed by atoms with Crippen molar-refractivity contribution < 1.29 is 9.90 Å². The van der Waals surface area contributed by atoms with E-state index in [1.807, 2.05) is 25.1 Å². The fraction of sp³-hybridized carbons (Fsp3) is 0.462. The summed E-state index contributed by atoms with van der Waals surface area (Å²) in [4.78, 5) is 13.7. The number of aliphatic hydroxyl groups is 1. The molecule has 1 fully saturated rings. The molecule has 3 nitrogen and oxygen atoms in total. The van der Waals surface area contributed by atoms with E-state index >= 15 is 0 Å². The second-order valence-electron chi connectivity index (χ2n) is 4.47. The summed E-state index contributed by atoms with van der Waals surface area (Å²) in [6.07, 6.45) is 0.503. The second kappa shape index (κ2) is 5.07. The molecule has 1 N–H and O–H groups in total. The van der Waals surface area contributed by atoms with Gasteiger partial charge in [-0.05, 0) is 18.4 Å². The Morgan fingerprint density at radius 2 is 2.29 bits per heavy atom. The largest absolute Gasteiger partial charge is 0.392 e. The lowest BCUT2D eigenvalue weighted by molar-refractivity contribution is -0.117. The van der Waals surface area contributed by atoms with Crippen LogP contribution in [-0.4, -0.2) is 23.4 Å². The molecule has 0 aromatic heterocycles. The summed E-state index contributed by atoms with van der Waals surface area (Å²) >= 11 is 5.81. The summed E-state index contributed by atoms with van der Waals surface area (Å²) in [6, 6.07) is 5.70. The number of anilines is 1. The predicted molar refractivity (Wildman–Crippen MR) is 68.3 cm³/mol. The minimum atomic E-state index is -0.0493. The van der Waals surface area contributed by atoms with Gasteiger partial charge < -0.3 is 10.0 Å². The molecule has 1 atom stereocenters. The second-order valence-corrected chi connectivity index (χ2v) is 4.78. The van der Waals surface area contributed by atoms with Crippen LogP contribution < -0.4 is 4.90 Å². The number of amides is 1. The average Bonchev–Trinajstić information content (AvgIpc) is 2.70. The van der Waals surface area contributed by atoms with Crippen LogP contribution in [0.3, 0.4) is 0 Å². The summed E-state index contributed by atoms with van der Waals surface area (Å²) in [5.74, 6) is 0.817. The van der Waals surface area contributed by atoms with Gasteiger partial charge in [-0.1, -0.05) is 18.2 Å². The summed E-state index contributed by atoms with van der Waals surface area (Å²) in [7, 11) is 0. The maximum absolute atomic E-state index is 12.0. The van der Waals surface area contributed by atoms with Crippen LogP contribution in [0.5, 0.6) is 0 Å². The van der Waals surface area contributed by atoms with Gasteiger partial charge in [0.05, 0.1) is 12.3 Å². The molecule has 1 unspecified atom stereocenters. The van der Waals surface area contributed by atoms with Crippen LogP contribution in [0.1, 0.15) is 17.5 Å². The molecule has 0 aliphatic carbocycles. The van der Waals surface area contributed by atoms with E-state index in [0.29, 0.717) is 18.8 Å². The number of carbonyl (C=O) groups excluding carboxylic acids is 1. The third kappa shape index (κ3) is 2.31. The topological polar surface area (TPSA) is 40.5 Å². The predicted octanol–water partition coefficient (Wildman–Crippen LogP) is 2.08. The molecule has 1 aliphatic heterocycles. The molecule has 92 valence electrons. The number of nitrogens with zero attached hydrogens (tertiary/aromatic N) is 1. The van der Waals surface area contributed by atoms with Crippen LogP contribution in [0.4, 0.5) is 5.69 Å². The van der Waals surface area contributed by atoms with Crippen LogP contribution in [0.15, 0.2) is 18.2 Å². The zero-order valence-corrected chi connectivity index (χ0v) is 10.6. The first-order valence-corrected chi connectivity index (χ1v) is 6.26. The number of alkyl halides is 1. The molecule has 1 saturated heterocycles. The van der Waals surface area contributed by atoms with Crippen molar-refractivity contribution in [3.05, 3.63) is 29.3 Å². The van der Waals surface area contributed by atoms with Gasteiger partial charge in [-0.3, -0.25) is 4.79 Å². The van der Waals surface area contributed by atoms with Crippen molar-refractivity contribution in [2.45, 2.75) is 20.0 Å². The van der Waals surface area contributed by atoms with Crippen molar-refractivity contribution in [1.29, 1.82) is 0 Å². The molecule has 0 spiro atoms. The molecule has 2 rings (SSSR count). The Kier molecular flexibility index (Phi) is 3.69. The molecular weight excluding hydrogens is 238 g/mol. The smallest absolute Gasteiger partial charge is 0.227 e. The Hall–Kier alpha value is -1.06. The number of hydrogen-bond donors (Lipinski definition) is 1. The van der Waals surface area contributed by atoms with E-state index in [1.54, 1.807) is 4.90 Å². The number of rotatable bonds is 3. The fourth-order valence-corrected chi connectivity index (χ4v) is 2.54. The van der Waals surface area contributed by atoms with Crippen molar-refractivity contribution >= 4 is 23.2 Å². The number of carbonyl (C=O) groups is 1. The quantitative estimate of drug-likeness (QED) is 0.838. The van der Waals surface area contributed by atoms with Crippen LogP contribution in [0.2, 0.25) is 0 Å². The summed E-state index contributed by atoms with van der Waals surface area (Å²) in [5.41, 5.74) is 2.67. The van der Waals surface area contributed by atoms with Gasteiger partial charge in [0.25, 0.3) is 0 Å². The molecule has 0 bridgehead atoms. The van der Waals surface area contributed by atoms with Crippen LogP contribution >= 0.6 is 11.6 Å². The summed E-state index contributed by atoms with van der Waals surface area (Å²) in [6.45, 7) is 2.56. The highest BCUT2D eigenvalue weighted by atomic mass is 35.5. The van der Waals surface area contributed by atoms with Crippen molar-refractivity contribution in [3.63, 3.8) is 0 Å². The standard InChI is InChI=1S/C13H16ClNO2/c1-9-3-2-4-11(8-16)13(9)15-7-10(6-14)5-12(15)17/h2-4,10,16H,5-8H2,1H3. The lowest BCUT2D eigenvalue weighted by Gasteiger charge is -2.22. The zero-order chi connectivity index (χ0) is 12.4. The number of benzene rings is 1. The third-order valence-electron chi connectivity index (χ3n) is 3.18. The molecule has 1 aliphatic rings. The molecule has 1 aromatic carbocycles. The zero-order valence-electron chi connectivity index (χ0n) is 9.82. The summed E-state index contributed by atoms with van der Waals surface area (Å²) in [5, 5.41) is 9.35. The van der Waals surface area contributed by atoms with E-state index in [4.69, 9.17) is 11.6 Å². The van der Waals surface area contributed by atoms with E-state index in [2.05, 4.69) is 0 Å². The highest BCUT2D eigenvalue weighted by Crippen LogP contribution is 2.31. The lowest BCUT2D eigenvalue weighted by atomic mass is 10.1. The molecule has 1 heterocycles. The van der Waals surface area contributed by atoms with E-state index in [0.717, 1.165) is 16.8 Å². The van der Waals surface area contributed by atoms with Gasteiger partial charge in [0.2, 0.25) is 5.91 Å². The van der Waals surface area contributed by atoms with Crippen LogP contribution in [0, 0.1) is 12.8 Å². The first-order valence-electron chi connectivity index (χ1n) is 5.73. The third-order valence-corrected chi connectivity index (χ3v) is 3.62. The molecule has 0 radical (unpaired) electrons. The van der Waals surface area contributed by atoms with E-state index < -0.39 is 0 Å². The Morgan fingerprint density at radius 1 is 1.53 bits per heavy atom. The fourth-order valence-electron chi connectivity index (χ4n) is 2.33. The highest BCUT2D eigenvalue weighted by Gasteiger charge is 2.31. The Morgan fingerprint density at radius 3 is 2.88 bits per heavy atom. The number of aliphatic hydroxyl groups excluding tert-OH is 1. The Bertz CT molecular complexity index is 433. The summed E-state index contributed by atoms with van der Waals surface area (Å²) < 4.78 is 0. The van der Waals surface area contributed by atoms with Gasteiger partial charge >= 0.3 is 0 Å². The van der Waals surface area contributed by atoms with Gasteiger partial charge in [0, 0.05) is 24.4 Å². The number of halogens is 1. The lowest BCUT2D eigenvalue weighted by Crippen LogP contribution is -2.26. The minimum Gasteiger partial charge on any atom is -0.392 e. The van der Waals surface area contributed by atoms with Gasteiger partial charge in [0.15, 0.2) is 0 Å². The van der Waals surface area contributed by atoms with E-state index in [-0.39, 0.29) is 18.4 Å². The van der Waals surface area contributed by atoms with Gasteiger partial charge in [0.1, 0.15) is 0 Å². The van der Waals surface area contributed by atoms with E-state index in [9.17, 15) is 9.90 Å². The first kappa shape index (κ1) is 12.4. The monoisotopic (exact) mass is 253 g/mol. The average molecular weight is 254 g/mol. The van der Waals surface area contributed by atoms with Crippen molar-refractivity contribution in [3.8, 4) is 0 Å². The van der Waals surface area contributed by atoms with Crippen LogP contribution in [0.25, 0.3) is 0 Å². The number of hydrogen-bond acceptors (Lipinski definition) is 2. The normalized spacial score (nSPS) is 20.1. The highest BCUT2D eigenvalue weighted by molar-refractivity contribution is 6.18. The molecule has 1 aromatic rings. The SMILES string of the molecule is Cc1cccc(CO)c1N1CC(CCl)CC1=O. The molecular formula is C13H16ClNO2. The number of para-hydroxylation sites is 1. The molecule has 4 heteroatoms. The van der Waals surface area contributed by atoms with Crippen molar-refractivity contribution in [1.82, 2.24) is 0 Å². The Balaban J connectivity index is 2.37. The maximum Gasteiger partial charge on any atom is 0.227 e. The minimum absolute atomic E-state index is 0.0493. The maximum atomic E-state index is 12.0. The van der Waals surface area contributed by atoms with Crippen molar-refractivity contribution in [2.24, 2.45) is 5.92 Å². The molecule has 0 saturated carbocycles. The first-order chi connectivity index (χ1) is 8.17. The van der Waals surface area contributed by atoms with Gasteiger partial charge in [-0.15, -0.1) is 11.6 Å². The van der Waals surface area contributed by atoms with Crippen LogP contribution in [-0.2, 0) is 11.4 Å². The van der Waals surface area contributed by atoms with Gasteiger partial charge in [-0.2, -0.15) is 0 Å².